The number of hydrogen-bond acceptors (Lipinski definition) is 3. The highest BCUT2D eigenvalue weighted by atomic mass is 16.4. The summed E-state index contributed by atoms with van der Waals surface area (Å²) in [7, 11) is 0. The van der Waals surface area contributed by atoms with E-state index in [-0.39, 0.29) is 23.4 Å². The van der Waals surface area contributed by atoms with Gasteiger partial charge in [-0.3, -0.25) is 9.59 Å². The van der Waals surface area contributed by atoms with E-state index >= 15 is 0 Å². The number of urea groups is 1. The number of carboxylic acids is 1. The molecule has 1 aliphatic heterocycles. The highest BCUT2D eigenvalue weighted by molar-refractivity contribution is 5.95. The van der Waals surface area contributed by atoms with Crippen LogP contribution in [0.4, 0.5) is 10.5 Å². The maximum atomic E-state index is 12.9. The standard InChI is InChI=1S/C26H35N3O4/c1-24-11-17-12-25(2,14-24)16-26(13-17,15-24)28-23(33)27-20-5-3-18(4-6-20)21(30)29-9-7-19(8-10-29)22(31)32/h3-6,17,19H,7-16H2,1-2H3,(H,31,32)(H2,27,28,33)/t17?,24-,25+,26?. The normalized spacial score (nSPS) is 35.3. The van der Waals surface area contributed by atoms with Gasteiger partial charge in [-0.15, -0.1) is 0 Å². The number of hydrogen-bond donors (Lipinski definition) is 3. The van der Waals surface area contributed by atoms with Gasteiger partial charge in [0.25, 0.3) is 5.91 Å². The zero-order valence-corrected chi connectivity index (χ0v) is 19.7. The largest absolute Gasteiger partial charge is 0.481 e. The minimum absolute atomic E-state index is 0.0927. The lowest BCUT2D eigenvalue weighted by atomic mass is 9.43. The van der Waals surface area contributed by atoms with Gasteiger partial charge in [0.05, 0.1) is 5.92 Å². The Kier molecular flexibility index (Phi) is 5.22. The molecule has 4 saturated carbocycles. The number of likely N-dealkylation sites (tertiary alicyclic amines) is 1. The highest BCUT2D eigenvalue weighted by Gasteiger charge is 2.60. The van der Waals surface area contributed by atoms with Gasteiger partial charge >= 0.3 is 12.0 Å². The first-order valence-electron chi connectivity index (χ1n) is 12.3. The molecule has 1 aromatic rings. The van der Waals surface area contributed by atoms with Crippen molar-refractivity contribution in [3.8, 4) is 0 Å². The number of carbonyl (C=O) groups excluding carboxylic acids is 2. The van der Waals surface area contributed by atoms with E-state index in [2.05, 4.69) is 24.5 Å². The van der Waals surface area contributed by atoms with Gasteiger partial charge in [0.15, 0.2) is 0 Å². The molecule has 0 aromatic heterocycles. The molecule has 4 aliphatic carbocycles. The number of amides is 3. The first kappa shape index (κ1) is 22.2. The fourth-order valence-corrected chi connectivity index (χ4v) is 8.20. The van der Waals surface area contributed by atoms with Gasteiger partial charge in [0, 0.05) is 29.9 Å². The lowest BCUT2D eigenvalue weighted by molar-refractivity contribution is -0.143. The van der Waals surface area contributed by atoms with E-state index in [0.717, 1.165) is 19.3 Å². The molecule has 2 unspecified atom stereocenters. The Morgan fingerprint density at radius 1 is 0.939 bits per heavy atom. The highest BCUT2D eigenvalue weighted by Crippen LogP contribution is 2.66. The summed E-state index contributed by atoms with van der Waals surface area (Å²) in [5.74, 6) is -0.529. The second-order valence-corrected chi connectivity index (χ2v) is 12.0. The molecule has 6 rings (SSSR count). The summed E-state index contributed by atoms with van der Waals surface area (Å²) in [5, 5.41) is 15.4. The van der Waals surface area contributed by atoms with Crippen molar-refractivity contribution in [1.82, 2.24) is 10.2 Å². The van der Waals surface area contributed by atoms with E-state index < -0.39 is 5.97 Å². The number of aliphatic carboxylic acids is 1. The van der Waals surface area contributed by atoms with Crippen molar-refractivity contribution in [2.24, 2.45) is 22.7 Å². The van der Waals surface area contributed by atoms with Gasteiger partial charge in [-0.05, 0) is 92.4 Å². The summed E-state index contributed by atoms with van der Waals surface area (Å²) in [6.07, 6.45) is 8.02. The molecule has 3 amide bonds. The maximum absolute atomic E-state index is 12.9. The average molecular weight is 454 g/mol. The summed E-state index contributed by atoms with van der Waals surface area (Å²) in [5.41, 5.74) is 1.78. The van der Waals surface area contributed by atoms with Gasteiger partial charge in [-0.25, -0.2) is 4.79 Å². The van der Waals surface area contributed by atoms with Crippen LogP contribution in [0.1, 0.15) is 75.6 Å². The molecule has 178 valence electrons. The van der Waals surface area contributed by atoms with E-state index in [9.17, 15) is 14.4 Å². The molecular weight excluding hydrogens is 418 g/mol. The van der Waals surface area contributed by atoms with Crippen LogP contribution >= 0.6 is 0 Å². The SMILES string of the molecule is C[C@]12CC3CC(NC(=O)Nc4ccc(C(=O)N5CCC(C(=O)O)CC5)cc4)(C1)C[C@@](C)(C3)C2. The van der Waals surface area contributed by atoms with Crippen molar-refractivity contribution in [1.29, 1.82) is 0 Å². The fraction of sp³-hybridized carbons (Fsp3) is 0.654. The molecule has 0 radical (unpaired) electrons. The van der Waals surface area contributed by atoms with E-state index in [0.29, 0.717) is 53.9 Å². The number of piperidine rings is 1. The zero-order valence-electron chi connectivity index (χ0n) is 19.7. The van der Waals surface area contributed by atoms with Crippen LogP contribution in [0, 0.1) is 22.7 Å². The van der Waals surface area contributed by atoms with Crippen LogP contribution in [0.5, 0.6) is 0 Å². The van der Waals surface area contributed by atoms with E-state index in [1.54, 1.807) is 29.2 Å². The van der Waals surface area contributed by atoms with Crippen molar-refractivity contribution >= 4 is 23.6 Å². The third-order valence-electron chi connectivity index (χ3n) is 8.53. The third kappa shape index (κ3) is 4.34. The summed E-state index contributed by atoms with van der Waals surface area (Å²) in [6, 6.07) is 6.82. The second kappa shape index (κ2) is 7.74. The van der Waals surface area contributed by atoms with Crippen LogP contribution in [-0.4, -0.2) is 46.5 Å². The van der Waals surface area contributed by atoms with Crippen LogP contribution in [0.2, 0.25) is 0 Å². The predicted molar refractivity (Wildman–Crippen MR) is 125 cm³/mol. The van der Waals surface area contributed by atoms with Crippen LogP contribution < -0.4 is 10.6 Å². The van der Waals surface area contributed by atoms with Crippen LogP contribution in [0.3, 0.4) is 0 Å². The maximum Gasteiger partial charge on any atom is 0.319 e. The number of carbonyl (C=O) groups is 3. The molecule has 1 heterocycles. The monoisotopic (exact) mass is 453 g/mol. The minimum atomic E-state index is -0.785. The number of rotatable bonds is 4. The molecule has 3 N–H and O–H groups in total. The van der Waals surface area contributed by atoms with Gasteiger partial charge in [0.1, 0.15) is 0 Å². The van der Waals surface area contributed by atoms with Gasteiger partial charge in [0.2, 0.25) is 0 Å². The molecular formula is C26H35N3O4. The second-order valence-electron chi connectivity index (χ2n) is 12.0. The molecule has 1 aromatic carbocycles. The summed E-state index contributed by atoms with van der Waals surface area (Å²) < 4.78 is 0. The lowest BCUT2D eigenvalue weighted by Crippen LogP contribution is -2.65. The number of carboxylic acid groups (broad SMARTS) is 1. The summed E-state index contributed by atoms with van der Waals surface area (Å²) >= 11 is 0. The van der Waals surface area contributed by atoms with E-state index in [1.807, 2.05) is 0 Å². The lowest BCUT2D eigenvalue weighted by Gasteiger charge is -2.65. The predicted octanol–water partition coefficient (Wildman–Crippen LogP) is 4.49. The van der Waals surface area contributed by atoms with Crippen molar-refractivity contribution < 1.29 is 19.5 Å². The van der Waals surface area contributed by atoms with Crippen molar-refractivity contribution in [2.45, 2.75) is 70.8 Å². The van der Waals surface area contributed by atoms with Crippen molar-refractivity contribution in [3.05, 3.63) is 29.8 Å². The average Bonchev–Trinajstić information content (AvgIpc) is 2.70. The molecule has 4 atom stereocenters. The van der Waals surface area contributed by atoms with Crippen molar-refractivity contribution in [3.63, 3.8) is 0 Å². The Morgan fingerprint density at radius 3 is 2.09 bits per heavy atom. The van der Waals surface area contributed by atoms with Gasteiger partial charge in [-0.1, -0.05) is 13.8 Å². The minimum Gasteiger partial charge on any atom is -0.481 e. The first-order chi connectivity index (χ1) is 15.6. The zero-order chi connectivity index (χ0) is 23.4. The van der Waals surface area contributed by atoms with Crippen molar-refractivity contribution in [2.75, 3.05) is 18.4 Å². The Balaban J connectivity index is 1.18. The van der Waals surface area contributed by atoms with Crippen LogP contribution in [0.25, 0.3) is 0 Å². The van der Waals surface area contributed by atoms with E-state index in [4.69, 9.17) is 5.11 Å². The summed E-state index contributed by atoms with van der Waals surface area (Å²) in [4.78, 5) is 38.5. The number of benzene rings is 1. The Morgan fingerprint density at radius 2 is 1.55 bits per heavy atom. The molecule has 5 fully saturated rings. The van der Waals surface area contributed by atoms with Crippen LogP contribution in [-0.2, 0) is 4.79 Å². The number of nitrogens with zero attached hydrogens (tertiary/aromatic N) is 1. The number of anilines is 1. The molecule has 4 bridgehead atoms. The molecule has 0 spiro atoms. The molecule has 5 aliphatic rings. The summed E-state index contributed by atoms with van der Waals surface area (Å²) in [6.45, 7) is 5.70. The number of nitrogens with one attached hydrogen (secondary N) is 2. The molecule has 1 saturated heterocycles. The molecule has 33 heavy (non-hydrogen) atoms. The first-order valence-corrected chi connectivity index (χ1v) is 12.3. The van der Waals surface area contributed by atoms with Gasteiger partial charge in [-0.2, -0.15) is 0 Å². The van der Waals surface area contributed by atoms with Crippen LogP contribution in [0.15, 0.2) is 24.3 Å². The van der Waals surface area contributed by atoms with E-state index in [1.165, 1.54) is 19.3 Å². The quantitative estimate of drug-likeness (QED) is 0.625. The fourth-order valence-electron chi connectivity index (χ4n) is 8.20. The Bertz CT molecular complexity index is 948. The smallest absolute Gasteiger partial charge is 0.319 e. The Labute approximate surface area is 195 Å². The topological polar surface area (TPSA) is 98.7 Å². The third-order valence-corrected chi connectivity index (χ3v) is 8.53. The Hall–Kier alpha value is -2.57. The van der Waals surface area contributed by atoms with Gasteiger partial charge < -0.3 is 20.6 Å². The molecule has 7 heteroatoms. The molecule has 7 nitrogen and oxygen atoms in total.